The van der Waals surface area contributed by atoms with Gasteiger partial charge in [-0.05, 0) is 55.9 Å². The Hall–Kier alpha value is -2.33. The minimum absolute atomic E-state index is 0.0966. The van der Waals surface area contributed by atoms with E-state index in [1.807, 2.05) is 12.1 Å². The Morgan fingerprint density at radius 2 is 1.31 bits per heavy atom. The first-order chi connectivity index (χ1) is 14.3. The Morgan fingerprint density at radius 1 is 0.828 bits per heavy atom. The Morgan fingerprint density at radius 3 is 1.79 bits per heavy atom. The number of ether oxygens (including phenoxy) is 1. The molecule has 0 spiro atoms. The molecule has 0 aliphatic heterocycles. The summed E-state index contributed by atoms with van der Waals surface area (Å²) in [7, 11) is 1.53. The number of benzene rings is 2. The second-order valence-corrected chi connectivity index (χ2v) is 8.31. The highest BCUT2D eigenvalue weighted by atomic mass is 16.5. The maximum absolute atomic E-state index is 13.2. The predicted octanol–water partition coefficient (Wildman–Crippen LogP) is 5.72. The van der Waals surface area contributed by atoms with Crippen molar-refractivity contribution in [3.63, 3.8) is 0 Å². The lowest BCUT2D eigenvalue weighted by atomic mass is 9.95. The molecule has 1 unspecified atom stereocenters. The Kier molecular flexibility index (Phi) is 6.50. The van der Waals surface area contributed by atoms with Gasteiger partial charge >= 0.3 is 5.97 Å². The van der Waals surface area contributed by atoms with Crippen LogP contribution in [-0.4, -0.2) is 30.2 Å². The van der Waals surface area contributed by atoms with Gasteiger partial charge in [-0.2, -0.15) is 5.01 Å². The average Bonchev–Trinajstić information content (AvgIpc) is 3.49. The van der Waals surface area contributed by atoms with Crippen molar-refractivity contribution in [1.29, 1.82) is 0 Å². The van der Waals surface area contributed by atoms with Gasteiger partial charge in [0.2, 0.25) is 0 Å². The van der Waals surface area contributed by atoms with E-state index < -0.39 is 0 Å². The van der Waals surface area contributed by atoms with Gasteiger partial charge in [-0.1, -0.05) is 62.1 Å². The van der Waals surface area contributed by atoms with Crippen molar-refractivity contribution >= 4 is 17.3 Å². The molecule has 0 N–H and O–H groups in total. The molecule has 0 aromatic heterocycles. The second kappa shape index (κ2) is 9.45. The van der Waals surface area contributed by atoms with Crippen molar-refractivity contribution in [3.05, 3.63) is 60.7 Å². The van der Waals surface area contributed by atoms with Crippen molar-refractivity contribution in [2.24, 2.45) is 5.92 Å². The number of nitrogens with zero attached hydrogens (tertiary/aromatic N) is 2. The summed E-state index contributed by atoms with van der Waals surface area (Å²) >= 11 is 0. The molecule has 2 fully saturated rings. The van der Waals surface area contributed by atoms with Crippen LogP contribution in [0, 0.1) is 5.92 Å². The van der Waals surface area contributed by atoms with Gasteiger partial charge in [0.05, 0.1) is 18.5 Å². The standard InChI is InChI=1S/C25H32N2O2/c1-29-25(28)24(20-12-8-9-13-20)27(23-18-10-11-19-23)26(21-14-4-2-5-15-21)22-16-6-3-7-17-22/h2-7,14-17,20,23-24H,8-13,18-19H2,1H3. The molecule has 2 aromatic rings. The molecule has 154 valence electrons. The van der Waals surface area contributed by atoms with E-state index in [-0.39, 0.29) is 12.0 Å². The van der Waals surface area contributed by atoms with E-state index in [0.29, 0.717) is 12.0 Å². The van der Waals surface area contributed by atoms with Gasteiger partial charge in [0.1, 0.15) is 6.04 Å². The van der Waals surface area contributed by atoms with Gasteiger partial charge in [0.15, 0.2) is 0 Å². The number of carbonyl (C=O) groups is 1. The smallest absolute Gasteiger partial charge is 0.325 e. The molecule has 4 heteroatoms. The summed E-state index contributed by atoms with van der Waals surface area (Å²) < 4.78 is 5.38. The van der Waals surface area contributed by atoms with Crippen molar-refractivity contribution in [2.75, 3.05) is 12.1 Å². The predicted molar refractivity (Wildman–Crippen MR) is 117 cm³/mol. The van der Waals surface area contributed by atoms with Gasteiger partial charge in [-0.15, -0.1) is 0 Å². The number of methoxy groups -OCH3 is 1. The highest BCUT2D eigenvalue weighted by Gasteiger charge is 2.43. The number of hydrazine groups is 1. The van der Waals surface area contributed by atoms with Gasteiger partial charge in [-0.3, -0.25) is 9.80 Å². The van der Waals surface area contributed by atoms with E-state index in [9.17, 15) is 4.79 Å². The highest BCUT2D eigenvalue weighted by Crippen LogP contribution is 2.40. The fourth-order valence-corrected chi connectivity index (χ4v) is 5.15. The van der Waals surface area contributed by atoms with Gasteiger partial charge in [-0.25, -0.2) is 0 Å². The quantitative estimate of drug-likeness (QED) is 0.446. The molecule has 0 saturated heterocycles. The zero-order valence-corrected chi connectivity index (χ0v) is 17.4. The molecule has 4 rings (SSSR count). The molecule has 2 aliphatic rings. The van der Waals surface area contributed by atoms with Crippen LogP contribution in [-0.2, 0) is 9.53 Å². The van der Waals surface area contributed by atoms with Crippen LogP contribution in [0.1, 0.15) is 51.4 Å². The molecule has 2 saturated carbocycles. The second-order valence-electron chi connectivity index (χ2n) is 8.31. The van der Waals surface area contributed by atoms with Crippen molar-refractivity contribution in [2.45, 2.75) is 63.5 Å². The van der Waals surface area contributed by atoms with Gasteiger partial charge in [0, 0.05) is 6.04 Å². The zero-order valence-electron chi connectivity index (χ0n) is 17.4. The summed E-state index contributed by atoms with van der Waals surface area (Å²) in [6.07, 6.45) is 9.28. The van der Waals surface area contributed by atoms with Crippen LogP contribution in [0.5, 0.6) is 0 Å². The molecule has 29 heavy (non-hydrogen) atoms. The summed E-state index contributed by atoms with van der Waals surface area (Å²) in [4.78, 5) is 13.2. The SMILES string of the molecule is COC(=O)C(C1CCCC1)N(C1CCCC1)N(c1ccccc1)c1ccccc1. The summed E-state index contributed by atoms with van der Waals surface area (Å²) in [5.41, 5.74) is 2.19. The first-order valence-electron chi connectivity index (χ1n) is 11.1. The maximum Gasteiger partial charge on any atom is 0.325 e. The van der Waals surface area contributed by atoms with E-state index in [4.69, 9.17) is 4.74 Å². The number of anilines is 2. The van der Waals surface area contributed by atoms with E-state index in [2.05, 4.69) is 58.5 Å². The lowest BCUT2D eigenvalue weighted by Crippen LogP contribution is -2.57. The molecule has 0 radical (unpaired) electrons. The van der Waals surface area contributed by atoms with Crippen LogP contribution in [0.2, 0.25) is 0 Å². The largest absolute Gasteiger partial charge is 0.468 e. The van der Waals surface area contributed by atoms with Crippen LogP contribution >= 0.6 is 0 Å². The van der Waals surface area contributed by atoms with Crippen LogP contribution in [0.3, 0.4) is 0 Å². The number of para-hydroxylation sites is 2. The number of esters is 1. The minimum atomic E-state index is -0.244. The number of hydrogen-bond donors (Lipinski definition) is 0. The van der Waals surface area contributed by atoms with E-state index >= 15 is 0 Å². The van der Waals surface area contributed by atoms with Gasteiger partial charge in [0.25, 0.3) is 0 Å². The molecule has 4 nitrogen and oxygen atoms in total. The molecular weight excluding hydrogens is 360 g/mol. The summed E-state index contributed by atoms with van der Waals surface area (Å²) in [6, 6.07) is 21.0. The van der Waals surface area contributed by atoms with Crippen molar-refractivity contribution in [3.8, 4) is 0 Å². The topological polar surface area (TPSA) is 32.8 Å². The van der Waals surface area contributed by atoms with E-state index in [0.717, 1.165) is 37.1 Å². The highest BCUT2D eigenvalue weighted by molar-refractivity contribution is 5.77. The maximum atomic E-state index is 13.2. The third kappa shape index (κ3) is 4.32. The van der Waals surface area contributed by atoms with Crippen LogP contribution in [0.4, 0.5) is 11.4 Å². The van der Waals surface area contributed by atoms with Crippen molar-refractivity contribution < 1.29 is 9.53 Å². The van der Waals surface area contributed by atoms with E-state index in [1.165, 1.54) is 32.8 Å². The lowest BCUT2D eigenvalue weighted by molar-refractivity contribution is -0.150. The summed E-state index contributed by atoms with van der Waals surface area (Å²) in [5.74, 6) is 0.249. The molecule has 0 bridgehead atoms. The normalized spacial score (nSPS) is 18.8. The molecule has 2 aromatic carbocycles. The number of hydrogen-bond acceptors (Lipinski definition) is 4. The third-order valence-electron chi connectivity index (χ3n) is 6.51. The lowest BCUT2D eigenvalue weighted by Gasteiger charge is -2.46. The molecule has 1 atom stereocenters. The average molecular weight is 393 g/mol. The monoisotopic (exact) mass is 392 g/mol. The third-order valence-corrected chi connectivity index (χ3v) is 6.51. The fourth-order valence-electron chi connectivity index (χ4n) is 5.15. The number of carbonyl (C=O) groups excluding carboxylic acids is 1. The van der Waals surface area contributed by atoms with Crippen LogP contribution in [0.15, 0.2) is 60.7 Å². The fraction of sp³-hybridized carbons (Fsp3) is 0.480. The number of rotatable bonds is 7. The Balaban J connectivity index is 1.83. The van der Waals surface area contributed by atoms with Crippen LogP contribution < -0.4 is 5.01 Å². The molecular formula is C25H32N2O2. The molecule has 0 amide bonds. The summed E-state index contributed by atoms with van der Waals surface area (Å²) in [6.45, 7) is 0. The molecule has 0 heterocycles. The first-order valence-corrected chi connectivity index (χ1v) is 11.1. The zero-order chi connectivity index (χ0) is 20.1. The van der Waals surface area contributed by atoms with Gasteiger partial charge < -0.3 is 4.74 Å². The minimum Gasteiger partial charge on any atom is -0.468 e. The van der Waals surface area contributed by atoms with Crippen LogP contribution in [0.25, 0.3) is 0 Å². The summed E-state index contributed by atoms with van der Waals surface area (Å²) in [5, 5.41) is 4.68. The van der Waals surface area contributed by atoms with Crippen molar-refractivity contribution in [1.82, 2.24) is 5.01 Å². The Bertz CT molecular complexity index is 728. The Labute approximate surface area is 174 Å². The van der Waals surface area contributed by atoms with E-state index in [1.54, 1.807) is 0 Å². The first kappa shape index (κ1) is 20.0. The molecule has 2 aliphatic carbocycles.